The first-order valence-electron chi connectivity index (χ1n) is 9.11. The van der Waals surface area contributed by atoms with Crippen LogP contribution in [0.2, 0.25) is 0 Å². The molecule has 0 saturated carbocycles. The highest BCUT2D eigenvalue weighted by atomic mass is 79.9. The summed E-state index contributed by atoms with van der Waals surface area (Å²) in [6.45, 7) is 1.32. The highest BCUT2D eigenvalue weighted by molar-refractivity contribution is 9.10. The van der Waals surface area contributed by atoms with E-state index in [4.69, 9.17) is 9.40 Å². The number of benzene rings is 1. The first-order chi connectivity index (χ1) is 13.7. The topological polar surface area (TPSA) is 64.2 Å². The second-order valence-corrected chi connectivity index (χ2v) is 7.78. The number of halogens is 1. The summed E-state index contributed by atoms with van der Waals surface area (Å²) in [5.74, 6) is 0.871. The smallest absolute Gasteiger partial charge is 0.253 e. The summed E-state index contributed by atoms with van der Waals surface area (Å²) in [4.78, 5) is 24.2. The van der Waals surface area contributed by atoms with Crippen LogP contribution in [-0.4, -0.2) is 38.4 Å². The van der Waals surface area contributed by atoms with Crippen LogP contribution in [0.4, 0.5) is 0 Å². The SMILES string of the molecule is O=C(c1cccc(Br)c1)N1CC[C@H](n2c(-c3ccoc3)nc3cccnc32)C1. The van der Waals surface area contributed by atoms with E-state index in [1.807, 2.05) is 47.4 Å². The van der Waals surface area contributed by atoms with E-state index < -0.39 is 0 Å². The lowest BCUT2D eigenvalue weighted by molar-refractivity contribution is 0.0788. The summed E-state index contributed by atoms with van der Waals surface area (Å²) >= 11 is 3.44. The number of rotatable bonds is 3. The van der Waals surface area contributed by atoms with Gasteiger partial charge in [-0.25, -0.2) is 9.97 Å². The number of imidazole rings is 1. The maximum absolute atomic E-state index is 12.9. The van der Waals surface area contributed by atoms with Crippen LogP contribution < -0.4 is 0 Å². The van der Waals surface area contributed by atoms with Gasteiger partial charge in [0.2, 0.25) is 0 Å². The molecule has 0 spiro atoms. The van der Waals surface area contributed by atoms with E-state index in [1.54, 1.807) is 18.7 Å². The Balaban J connectivity index is 1.50. The minimum absolute atomic E-state index is 0.0473. The predicted molar refractivity (Wildman–Crippen MR) is 109 cm³/mol. The van der Waals surface area contributed by atoms with Crippen molar-refractivity contribution in [3.8, 4) is 11.4 Å². The quantitative estimate of drug-likeness (QED) is 0.472. The van der Waals surface area contributed by atoms with Crippen LogP contribution in [-0.2, 0) is 0 Å². The Hall–Kier alpha value is -2.93. The molecular formula is C21H17BrN4O2. The van der Waals surface area contributed by atoms with Crippen molar-refractivity contribution in [3.63, 3.8) is 0 Å². The first-order valence-corrected chi connectivity index (χ1v) is 9.90. The molecule has 0 unspecified atom stereocenters. The molecule has 140 valence electrons. The molecule has 1 aromatic carbocycles. The zero-order chi connectivity index (χ0) is 19.1. The summed E-state index contributed by atoms with van der Waals surface area (Å²) in [5.41, 5.74) is 3.28. The van der Waals surface area contributed by atoms with Gasteiger partial charge in [-0.05, 0) is 42.8 Å². The van der Waals surface area contributed by atoms with Gasteiger partial charge in [0.25, 0.3) is 5.91 Å². The fourth-order valence-corrected chi connectivity index (χ4v) is 4.21. The molecule has 7 heteroatoms. The lowest BCUT2D eigenvalue weighted by atomic mass is 10.2. The van der Waals surface area contributed by atoms with Crippen LogP contribution in [0.25, 0.3) is 22.6 Å². The molecule has 1 amide bonds. The molecule has 0 radical (unpaired) electrons. The average molecular weight is 437 g/mol. The molecule has 0 aliphatic carbocycles. The highest BCUT2D eigenvalue weighted by Gasteiger charge is 2.31. The first kappa shape index (κ1) is 17.2. The van der Waals surface area contributed by atoms with Gasteiger partial charge in [-0.1, -0.05) is 22.0 Å². The van der Waals surface area contributed by atoms with Gasteiger partial charge >= 0.3 is 0 Å². The third-order valence-electron chi connectivity index (χ3n) is 5.12. The number of pyridine rings is 1. The van der Waals surface area contributed by atoms with Gasteiger partial charge in [-0.3, -0.25) is 4.79 Å². The predicted octanol–water partition coefficient (Wildman–Crippen LogP) is 4.54. The Labute approximate surface area is 169 Å². The van der Waals surface area contributed by atoms with Crippen molar-refractivity contribution in [2.75, 3.05) is 13.1 Å². The third-order valence-corrected chi connectivity index (χ3v) is 5.61. The molecule has 5 rings (SSSR count). The summed E-state index contributed by atoms with van der Waals surface area (Å²) in [5, 5.41) is 0. The Bertz CT molecular complexity index is 1150. The molecule has 0 bridgehead atoms. The van der Waals surface area contributed by atoms with E-state index >= 15 is 0 Å². The van der Waals surface area contributed by atoms with Crippen LogP contribution >= 0.6 is 15.9 Å². The molecule has 1 fully saturated rings. The standard InChI is InChI=1S/C21H17BrN4O2/c22-16-4-1-3-14(11-16)21(27)25-9-6-17(12-25)26-19(15-7-10-28-13-15)24-18-5-2-8-23-20(18)26/h1-5,7-8,10-11,13,17H,6,9,12H2/t17-/m0/s1. The summed E-state index contributed by atoms with van der Waals surface area (Å²) in [7, 11) is 0. The van der Waals surface area contributed by atoms with E-state index in [0.29, 0.717) is 18.7 Å². The van der Waals surface area contributed by atoms with E-state index in [2.05, 4.69) is 25.5 Å². The van der Waals surface area contributed by atoms with Gasteiger partial charge in [-0.2, -0.15) is 0 Å². The van der Waals surface area contributed by atoms with Gasteiger partial charge in [-0.15, -0.1) is 0 Å². The molecule has 4 heterocycles. The molecule has 4 aromatic rings. The molecule has 3 aromatic heterocycles. The number of carbonyl (C=O) groups excluding carboxylic acids is 1. The largest absolute Gasteiger partial charge is 0.472 e. The van der Waals surface area contributed by atoms with E-state index in [-0.39, 0.29) is 11.9 Å². The van der Waals surface area contributed by atoms with Gasteiger partial charge in [0.15, 0.2) is 5.65 Å². The molecule has 1 aliphatic heterocycles. The summed E-state index contributed by atoms with van der Waals surface area (Å²) in [6.07, 6.45) is 5.97. The Kier molecular flexibility index (Phi) is 4.24. The summed E-state index contributed by atoms with van der Waals surface area (Å²) in [6, 6.07) is 13.4. The molecule has 1 saturated heterocycles. The number of aromatic nitrogens is 3. The van der Waals surface area contributed by atoms with Crippen molar-refractivity contribution in [2.45, 2.75) is 12.5 Å². The van der Waals surface area contributed by atoms with Crippen molar-refractivity contribution in [1.82, 2.24) is 19.4 Å². The minimum atomic E-state index is 0.0473. The maximum atomic E-state index is 12.9. The number of nitrogens with zero attached hydrogens (tertiary/aromatic N) is 4. The monoisotopic (exact) mass is 436 g/mol. The lowest BCUT2D eigenvalue weighted by Gasteiger charge is -2.18. The third kappa shape index (κ3) is 2.92. The van der Waals surface area contributed by atoms with Crippen LogP contribution in [0.15, 0.2) is 70.1 Å². The van der Waals surface area contributed by atoms with Gasteiger partial charge in [0.05, 0.1) is 17.9 Å². The van der Waals surface area contributed by atoms with Crippen molar-refractivity contribution >= 4 is 33.0 Å². The normalized spacial score (nSPS) is 16.8. The Morgan fingerprint density at radius 2 is 2.14 bits per heavy atom. The van der Waals surface area contributed by atoms with Crippen LogP contribution in [0.1, 0.15) is 22.8 Å². The fraction of sp³-hybridized carbons (Fsp3) is 0.190. The number of amides is 1. The van der Waals surface area contributed by atoms with Crippen LogP contribution in [0.5, 0.6) is 0 Å². The number of furan rings is 1. The number of hydrogen-bond acceptors (Lipinski definition) is 4. The summed E-state index contributed by atoms with van der Waals surface area (Å²) < 4.78 is 8.32. The second-order valence-electron chi connectivity index (χ2n) is 6.87. The van der Waals surface area contributed by atoms with E-state index in [1.165, 1.54) is 0 Å². The zero-order valence-corrected chi connectivity index (χ0v) is 16.5. The van der Waals surface area contributed by atoms with Crippen molar-refractivity contribution in [1.29, 1.82) is 0 Å². The lowest BCUT2D eigenvalue weighted by Crippen LogP contribution is -2.29. The maximum Gasteiger partial charge on any atom is 0.253 e. The van der Waals surface area contributed by atoms with Crippen molar-refractivity contribution in [2.24, 2.45) is 0 Å². The van der Waals surface area contributed by atoms with E-state index in [9.17, 15) is 4.79 Å². The van der Waals surface area contributed by atoms with Crippen LogP contribution in [0.3, 0.4) is 0 Å². The molecule has 0 N–H and O–H groups in total. The minimum Gasteiger partial charge on any atom is -0.472 e. The highest BCUT2D eigenvalue weighted by Crippen LogP contribution is 2.32. The van der Waals surface area contributed by atoms with Crippen molar-refractivity contribution in [3.05, 3.63) is 71.2 Å². The number of likely N-dealkylation sites (tertiary alicyclic amines) is 1. The molecule has 1 atom stereocenters. The molecule has 6 nitrogen and oxygen atoms in total. The molecule has 1 aliphatic rings. The van der Waals surface area contributed by atoms with E-state index in [0.717, 1.165) is 33.4 Å². The van der Waals surface area contributed by atoms with Gasteiger partial charge in [0.1, 0.15) is 17.6 Å². The number of hydrogen-bond donors (Lipinski definition) is 0. The van der Waals surface area contributed by atoms with Crippen molar-refractivity contribution < 1.29 is 9.21 Å². The van der Waals surface area contributed by atoms with Crippen LogP contribution in [0, 0.1) is 0 Å². The molecular weight excluding hydrogens is 420 g/mol. The average Bonchev–Trinajstić information content (AvgIpc) is 3.45. The molecule has 28 heavy (non-hydrogen) atoms. The number of carbonyl (C=O) groups is 1. The van der Waals surface area contributed by atoms with Gasteiger partial charge in [0, 0.05) is 29.3 Å². The fourth-order valence-electron chi connectivity index (χ4n) is 3.81. The number of fused-ring (bicyclic) bond motifs is 1. The Morgan fingerprint density at radius 3 is 2.96 bits per heavy atom. The second kappa shape index (κ2) is 6.91. The zero-order valence-electron chi connectivity index (χ0n) is 15.0. The van der Waals surface area contributed by atoms with Gasteiger partial charge < -0.3 is 13.9 Å². The Morgan fingerprint density at radius 1 is 1.21 bits per heavy atom.